The summed E-state index contributed by atoms with van der Waals surface area (Å²) in [6.07, 6.45) is 6.01. The van der Waals surface area contributed by atoms with Crippen molar-refractivity contribution in [1.29, 1.82) is 0 Å². The summed E-state index contributed by atoms with van der Waals surface area (Å²) in [5, 5.41) is 11.9. The topological polar surface area (TPSA) is 32.8 Å². The second kappa shape index (κ2) is 16.2. The van der Waals surface area contributed by atoms with Gasteiger partial charge in [0.1, 0.15) is 11.2 Å². The molecule has 12 aromatic rings. The van der Waals surface area contributed by atoms with E-state index in [1.165, 1.54) is 54.6 Å². The molecule has 0 atom stereocenters. The summed E-state index contributed by atoms with van der Waals surface area (Å²) in [5.74, 6) is 0. The van der Waals surface area contributed by atoms with Gasteiger partial charge < -0.3 is 18.6 Å². The van der Waals surface area contributed by atoms with Crippen molar-refractivity contribution in [1.82, 2.24) is 0 Å². The molecule has 322 valence electrons. The average molecular weight is 857 g/mol. The third-order valence-electron chi connectivity index (χ3n) is 14.0. The van der Waals surface area contributed by atoms with Crippen LogP contribution in [0.3, 0.4) is 0 Å². The minimum Gasteiger partial charge on any atom is -0.454 e. The van der Waals surface area contributed by atoms with E-state index in [0.29, 0.717) is 0 Å². The molecule has 0 spiro atoms. The number of hydrogen-bond acceptors (Lipinski definition) is 4. The summed E-state index contributed by atoms with van der Waals surface area (Å²) in [6.45, 7) is 8.90. The molecule has 0 bridgehead atoms. The lowest BCUT2D eigenvalue weighted by Crippen LogP contribution is -2.12. The Morgan fingerprint density at radius 2 is 0.712 bits per heavy atom. The molecule has 0 aliphatic heterocycles. The summed E-state index contributed by atoms with van der Waals surface area (Å²) in [4.78, 5) is 4.85. The molecule has 4 nitrogen and oxygen atoms in total. The summed E-state index contributed by atoms with van der Waals surface area (Å²) >= 11 is 0. The maximum atomic E-state index is 7.02. The van der Waals surface area contributed by atoms with Crippen LogP contribution in [0.25, 0.3) is 76.2 Å². The smallest absolute Gasteiger partial charge is 0.159 e. The van der Waals surface area contributed by atoms with E-state index in [1.54, 1.807) is 0 Å². The van der Waals surface area contributed by atoms with E-state index < -0.39 is 0 Å². The van der Waals surface area contributed by atoms with Crippen LogP contribution < -0.4 is 9.80 Å². The number of rotatable bonds is 12. The fourth-order valence-corrected chi connectivity index (χ4v) is 10.7. The largest absolute Gasteiger partial charge is 0.454 e. The highest BCUT2D eigenvalue weighted by Crippen LogP contribution is 2.50. The van der Waals surface area contributed by atoms with Gasteiger partial charge in [-0.05, 0) is 118 Å². The first-order valence-electron chi connectivity index (χ1n) is 23.9. The van der Waals surface area contributed by atoms with Crippen molar-refractivity contribution in [2.75, 3.05) is 9.80 Å². The van der Waals surface area contributed by atoms with Gasteiger partial charge >= 0.3 is 0 Å². The van der Waals surface area contributed by atoms with Gasteiger partial charge in [0.2, 0.25) is 0 Å². The predicted octanol–water partition coefficient (Wildman–Crippen LogP) is 18.4. The Labute approximate surface area is 385 Å². The minimum atomic E-state index is 0.898. The Morgan fingerprint density at radius 1 is 0.333 bits per heavy atom. The van der Waals surface area contributed by atoms with Crippen molar-refractivity contribution in [3.8, 4) is 0 Å². The van der Waals surface area contributed by atoms with E-state index in [0.717, 1.165) is 117 Å². The summed E-state index contributed by atoms with van der Waals surface area (Å²) in [7, 11) is 0. The molecule has 0 unspecified atom stereocenters. The second-order valence-electron chi connectivity index (χ2n) is 17.9. The lowest BCUT2D eigenvalue weighted by atomic mass is 9.91. The zero-order chi connectivity index (χ0) is 44.5. The van der Waals surface area contributed by atoms with Crippen LogP contribution in [0.4, 0.5) is 34.1 Å². The van der Waals surface area contributed by atoms with Crippen LogP contribution in [-0.2, 0) is 25.7 Å². The van der Waals surface area contributed by atoms with Gasteiger partial charge in [-0.25, -0.2) is 0 Å². The Hall–Kier alpha value is -7.56. The zero-order valence-electron chi connectivity index (χ0n) is 38.1. The molecule has 12 rings (SSSR count). The van der Waals surface area contributed by atoms with Crippen LogP contribution in [0.1, 0.15) is 62.8 Å². The monoisotopic (exact) mass is 856 g/mol. The molecular weight excluding hydrogens is 805 g/mol. The molecule has 0 radical (unpaired) electrons. The number of benzene rings is 10. The lowest BCUT2D eigenvalue weighted by molar-refractivity contribution is 0.661. The van der Waals surface area contributed by atoms with Gasteiger partial charge in [0, 0.05) is 43.7 Å². The van der Waals surface area contributed by atoms with Crippen molar-refractivity contribution in [3.63, 3.8) is 0 Å². The first-order valence-corrected chi connectivity index (χ1v) is 23.9. The highest BCUT2D eigenvalue weighted by molar-refractivity contribution is 6.28. The van der Waals surface area contributed by atoms with Gasteiger partial charge in [-0.1, -0.05) is 162 Å². The summed E-state index contributed by atoms with van der Waals surface area (Å²) < 4.78 is 14.0. The fraction of sp³-hybridized carbons (Fsp3) is 0.161. The van der Waals surface area contributed by atoms with Crippen LogP contribution in [-0.4, -0.2) is 0 Å². The molecule has 0 saturated carbocycles. The number of aryl methyl sites for hydroxylation is 4. The van der Waals surface area contributed by atoms with E-state index in [4.69, 9.17) is 8.83 Å². The number of hydrogen-bond donors (Lipinski definition) is 0. The highest BCUT2D eigenvalue weighted by Gasteiger charge is 2.26. The molecule has 10 aromatic carbocycles. The maximum Gasteiger partial charge on any atom is 0.159 e. The summed E-state index contributed by atoms with van der Waals surface area (Å²) in [5.41, 5.74) is 15.3. The van der Waals surface area contributed by atoms with Gasteiger partial charge in [0.05, 0.1) is 22.7 Å². The molecule has 2 heterocycles. The predicted molar refractivity (Wildman–Crippen MR) is 281 cm³/mol. The Morgan fingerprint density at radius 3 is 1.11 bits per heavy atom. The normalized spacial score (nSPS) is 12.0. The van der Waals surface area contributed by atoms with E-state index in [-0.39, 0.29) is 0 Å². The van der Waals surface area contributed by atoms with E-state index in [2.05, 4.69) is 207 Å². The minimum absolute atomic E-state index is 0.898. The van der Waals surface area contributed by atoms with Gasteiger partial charge in [-0.2, -0.15) is 0 Å². The van der Waals surface area contributed by atoms with Gasteiger partial charge in [0.15, 0.2) is 11.2 Å². The Bertz CT molecular complexity index is 3510. The zero-order valence-corrected chi connectivity index (χ0v) is 38.1. The van der Waals surface area contributed by atoms with Crippen LogP contribution in [0.5, 0.6) is 0 Å². The van der Waals surface area contributed by atoms with Gasteiger partial charge in [0.25, 0.3) is 0 Å². The number of fused-ring (bicyclic) bond motifs is 6. The van der Waals surface area contributed by atoms with Gasteiger partial charge in [-0.3, -0.25) is 0 Å². The Kier molecular flexibility index (Phi) is 9.78. The quantitative estimate of drug-likeness (QED) is 0.115. The number of nitrogens with zero attached hydrogens (tertiary/aromatic N) is 2. The van der Waals surface area contributed by atoms with Crippen molar-refractivity contribution in [3.05, 3.63) is 192 Å². The third-order valence-corrected chi connectivity index (χ3v) is 14.0. The maximum absolute atomic E-state index is 7.02. The number of para-hydroxylation sites is 4. The SMILES string of the molecule is CCCc1cccc2c1oc1c(N(c3ccc(CC)cc3)c3ccc4ccc5c(N(c6ccc(CC)cc6)c6cccc7c6oc6c(CCC)cccc67)ccc6ccc3c4c65)cccc12. The molecule has 66 heavy (non-hydrogen) atoms. The van der Waals surface area contributed by atoms with E-state index in [1.807, 2.05) is 0 Å². The van der Waals surface area contributed by atoms with E-state index in [9.17, 15) is 0 Å². The molecule has 0 fully saturated rings. The number of furan rings is 2. The first kappa shape index (κ1) is 40.0. The number of anilines is 6. The van der Waals surface area contributed by atoms with Crippen molar-refractivity contribution >= 4 is 110 Å². The molecule has 0 N–H and O–H groups in total. The molecule has 4 heteroatoms. The van der Waals surface area contributed by atoms with Crippen molar-refractivity contribution < 1.29 is 8.83 Å². The van der Waals surface area contributed by atoms with Gasteiger partial charge in [-0.15, -0.1) is 0 Å². The van der Waals surface area contributed by atoms with Crippen molar-refractivity contribution in [2.45, 2.75) is 66.2 Å². The lowest BCUT2D eigenvalue weighted by Gasteiger charge is -2.29. The van der Waals surface area contributed by atoms with Crippen LogP contribution in [0, 0.1) is 0 Å². The van der Waals surface area contributed by atoms with Crippen molar-refractivity contribution in [2.24, 2.45) is 0 Å². The summed E-state index contributed by atoms with van der Waals surface area (Å²) in [6, 6.07) is 63.0. The Balaban J connectivity index is 1.11. The van der Waals surface area contributed by atoms with Crippen LogP contribution >= 0.6 is 0 Å². The van der Waals surface area contributed by atoms with E-state index >= 15 is 0 Å². The fourth-order valence-electron chi connectivity index (χ4n) is 10.7. The second-order valence-corrected chi connectivity index (χ2v) is 17.9. The average Bonchev–Trinajstić information content (AvgIpc) is 3.95. The molecular formula is C62H52N2O2. The van der Waals surface area contributed by atoms with Crippen LogP contribution in [0.15, 0.2) is 179 Å². The van der Waals surface area contributed by atoms with Crippen LogP contribution in [0.2, 0.25) is 0 Å². The molecule has 0 saturated heterocycles. The third kappa shape index (κ3) is 6.26. The molecule has 0 aliphatic carbocycles. The standard InChI is InChI=1S/C62H52N2O2/c1-5-13-43-15-9-17-47-49-19-11-21-55(61(49)65-59(43)47)63(45-31-23-39(7-3)24-32-45)53-37-29-41-28-36-52-54(38-30-42-27-35-51(53)57(41)58(42)52)64(46-33-25-40(8-4)26-34-46)56-22-12-20-50-48-18-10-16-44(14-6-2)60(48)66-62(50)56/h9-12,15-38H,5-8,13-14H2,1-4H3. The first-order chi connectivity index (χ1) is 32.6. The highest BCUT2D eigenvalue weighted by atomic mass is 16.3. The molecule has 2 aromatic heterocycles. The molecule has 0 amide bonds. The molecule has 0 aliphatic rings.